The fraction of sp³-hybridized carbons (Fsp3) is 0.533. The van der Waals surface area contributed by atoms with Crippen molar-refractivity contribution in [3.05, 3.63) is 24.3 Å². The second kappa shape index (κ2) is 8.82. The Morgan fingerprint density at radius 2 is 2.05 bits per heavy atom. The van der Waals surface area contributed by atoms with E-state index in [1.54, 1.807) is 17.0 Å². The normalized spacial score (nSPS) is 16.2. The van der Waals surface area contributed by atoms with E-state index in [1.807, 2.05) is 12.1 Å². The third-order valence-electron chi connectivity index (χ3n) is 3.30. The van der Waals surface area contributed by atoms with Gasteiger partial charge in [-0.3, -0.25) is 4.79 Å². The summed E-state index contributed by atoms with van der Waals surface area (Å²) < 4.78 is 10.7. The van der Waals surface area contributed by atoms with Crippen LogP contribution in [0, 0.1) is 0 Å². The zero-order valence-corrected chi connectivity index (χ0v) is 13.1. The first-order valence-electron chi connectivity index (χ1n) is 7.25. The van der Waals surface area contributed by atoms with Gasteiger partial charge >= 0.3 is 0 Å². The van der Waals surface area contributed by atoms with Crippen molar-refractivity contribution in [2.24, 2.45) is 0 Å². The number of ether oxygens (including phenoxy) is 2. The van der Waals surface area contributed by atoms with E-state index in [4.69, 9.17) is 21.1 Å². The van der Waals surface area contributed by atoms with Crippen LogP contribution in [0.3, 0.4) is 0 Å². The largest absolute Gasteiger partial charge is 0.484 e. The molecule has 1 aromatic carbocycles. The molecule has 22 heavy (non-hydrogen) atoms. The quantitative estimate of drug-likeness (QED) is 0.729. The highest BCUT2D eigenvalue weighted by atomic mass is 35.5. The summed E-state index contributed by atoms with van der Waals surface area (Å²) in [5.41, 5.74) is 0.857. The third kappa shape index (κ3) is 5.36. The molecule has 1 aliphatic heterocycles. The summed E-state index contributed by atoms with van der Waals surface area (Å²) in [5, 5.41) is 12.4. The summed E-state index contributed by atoms with van der Waals surface area (Å²) in [6, 6.07) is 7.22. The van der Waals surface area contributed by atoms with Crippen molar-refractivity contribution in [1.29, 1.82) is 0 Å². The Hall–Kier alpha value is -1.50. The van der Waals surface area contributed by atoms with Crippen LogP contribution in [0.2, 0.25) is 0 Å². The Bertz CT molecular complexity index is 463. The van der Waals surface area contributed by atoms with E-state index >= 15 is 0 Å². The lowest BCUT2D eigenvalue weighted by Crippen LogP contribution is -2.42. The molecule has 1 heterocycles. The summed E-state index contributed by atoms with van der Waals surface area (Å²) in [6.45, 7) is 2.82. The maximum Gasteiger partial charge on any atom is 0.260 e. The molecule has 0 saturated carbocycles. The number of anilines is 1. The molecule has 1 fully saturated rings. The number of nitrogens with one attached hydrogen (secondary N) is 1. The van der Waals surface area contributed by atoms with E-state index in [9.17, 15) is 9.90 Å². The van der Waals surface area contributed by atoms with Crippen molar-refractivity contribution >= 4 is 23.2 Å². The van der Waals surface area contributed by atoms with Gasteiger partial charge in [0.15, 0.2) is 6.61 Å². The molecule has 1 unspecified atom stereocenters. The molecule has 1 atom stereocenters. The molecule has 1 aromatic rings. The lowest BCUT2D eigenvalue weighted by molar-refractivity contribution is -0.137. The van der Waals surface area contributed by atoms with E-state index in [1.165, 1.54) is 0 Å². The fourth-order valence-corrected chi connectivity index (χ4v) is 2.12. The summed E-state index contributed by atoms with van der Waals surface area (Å²) in [7, 11) is 0. The lowest BCUT2D eigenvalue weighted by atomic mass is 10.3. The monoisotopic (exact) mass is 328 g/mol. The van der Waals surface area contributed by atoms with Crippen molar-refractivity contribution in [3.63, 3.8) is 0 Å². The minimum atomic E-state index is -0.580. The average molecular weight is 329 g/mol. The SMILES string of the molecule is O=C(COc1ccc(NCC(O)CCl)cc1)N1CCOCC1. The molecule has 0 spiro atoms. The van der Waals surface area contributed by atoms with Crippen molar-refractivity contribution in [1.82, 2.24) is 4.90 Å². The Morgan fingerprint density at radius 1 is 1.36 bits per heavy atom. The molecule has 0 bridgehead atoms. The lowest BCUT2D eigenvalue weighted by Gasteiger charge is -2.26. The maximum atomic E-state index is 11.9. The highest BCUT2D eigenvalue weighted by Gasteiger charge is 2.17. The highest BCUT2D eigenvalue weighted by Crippen LogP contribution is 2.16. The van der Waals surface area contributed by atoms with Crippen molar-refractivity contribution in [3.8, 4) is 5.75 Å². The van der Waals surface area contributed by atoms with Gasteiger partial charge in [-0.25, -0.2) is 0 Å². The second-order valence-corrected chi connectivity index (χ2v) is 5.30. The molecule has 1 saturated heterocycles. The first-order valence-corrected chi connectivity index (χ1v) is 7.79. The van der Waals surface area contributed by atoms with E-state index in [0.717, 1.165) is 5.69 Å². The van der Waals surface area contributed by atoms with Crippen molar-refractivity contribution in [2.75, 3.05) is 50.7 Å². The number of alkyl halides is 1. The smallest absolute Gasteiger partial charge is 0.260 e. The van der Waals surface area contributed by atoms with E-state index < -0.39 is 6.10 Å². The third-order valence-corrected chi connectivity index (χ3v) is 3.66. The van der Waals surface area contributed by atoms with Crippen LogP contribution in [-0.2, 0) is 9.53 Å². The van der Waals surface area contributed by atoms with Gasteiger partial charge in [0.2, 0.25) is 0 Å². The first kappa shape index (κ1) is 16.9. The molecule has 1 aliphatic rings. The highest BCUT2D eigenvalue weighted by molar-refractivity contribution is 6.18. The Morgan fingerprint density at radius 3 is 2.68 bits per heavy atom. The van der Waals surface area contributed by atoms with Crippen LogP contribution in [0.25, 0.3) is 0 Å². The van der Waals surface area contributed by atoms with Gasteiger partial charge in [-0.1, -0.05) is 0 Å². The van der Waals surface area contributed by atoms with Gasteiger partial charge < -0.3 is 24.8 Å². The molecular weight excluding hydrogens is 308 g/mol. The molecule has 0 aromatic heterocycles. The summed E-state index contributed by atoms with van der Waals surface area (Å²) in [5.74, 6) is 0.790. The number of halogens is 1. The van der Waals surface area contributed by atoms with Crippen LogP contribution in [-0.4, -0.2) is 67.4 Å². The summed E-state index contributed by atoms with van der Waals surface area (Å²) >= 11 is 5.52. The van der Waals surface area contributed by atoms with Gasteiger partial charge in [0.05, 0.1) is 25.2 Å². The summed E-state index contributed by atoms with van der Waals surface area (Å²) in [6.07, 6.45) is -0.580. The number of aliphatic hydroxyl groups excluding tert-OH is 1. The second-order valence-electron chi connectivity index (χ2n) is 5.00. The van der Waals surface area contributed by atoms with Crippen LogP contribution in [0.5, 0.6) is 5.75 Å². The van der Waals surface area contributed by atoms with Crippen LogP contribution in [0.15, 0.2) is 24.3 Å². The van der Waals surface area contributed by atoms with Crippen LogP contribution >= 0.6 is 11.6 Å². The van der Waals surface area contributed by atoms with Gasteiger partial charge in [-0.05, 0) is 24.3 Å². The Kier molecular flexibility index (Phi) is 6.76. The van der Waals surface area contributed by atoms with Crippen LogP contribution in [0.1, 0.15) is 0 Å². The number of amides is 1. The van der Waals surface area contributed by atoms with Crippen LogP contribution < -0.4 is 10.1 Å². The zero-order valence-electron chi connectivity index (χ0n) is 12.3. The Labute approximate surface area is 135 Å². The number of rotatable bonds is 7. The molecule has 1 amide bonds. The number of hydrogen-bond donors (Lipinski definition) is 2. The molecule has 122 valence electrons. The molecule has 0 radical (unpaired) electrons. The predicted molar refractivity (Wildman–Crippen MR) is 84.6 cm³/mol. The first-order chi connectivity index (χ1) is 10.7. The molecular formula is C15H21ClN2O4. The summed E-state index contributed by atoms with van der Waals surface area (Å²) in [4.78, 5) is 13.7. The molecule has 2 rings (SSSR count). The standard InChI is InChI=1S/C15H21ClN2O4/c16-9-13(19)10-17-12-1-3-14(4-2-12)22-11-15(20)18-5-7-21-8-6-18/h1-4,13,17,19H,5-11H2. The predicted octanol–water partition coefficient (Wildman–Crippen LogP) is 0.936. The number of aliphatic hydroxyl groups is 1. The Balaban J connectivity index is 1.75. The maximum absolute atomic E-state index is 11.9. The fourth-order valence-electron chi connectivity index (χ4n) is 2.01. The molecule has 0 aliphatic carbocycles. The number of carbonyl (C=O) groups excluding carboxylic acids is 1. The minimum absolute atomic E-state index is 0.0255. The number of carbonyl (C=O) groups is 1. The number of benzene rings is 1. The van der Waals surface area contributed by atoms with Crippen molar-refractivity contribution in [2.45, 2.75) is 6.10 Å². The van der Waals surface area contributed by atoms with Gasteiger partial charge in [0.1, 0.15) is 5.75 Å². The van der Waals surface area contributed by atoms with Gasteiger partial charge in [0, 0.05) is 25.3 Å². The van der Waals surface area contributed by atoms with Gasteiger partial charge in [0.25, 0.3) is 5.91 Å². The number of nitrogens with zero attached hydrogens (tertiary/aromatic N) is 1. The van der Waals surface area contributed by atoms with Gasteiger partial charge in [-0.15, -0.1) is 11.6 Å². The molecule has 7 heteroatoms. The number of hydrogen-bond acceptors (Lipinski definition) is 5. The zero-order chi connectivity index (χ0) is 15.8. The van der Waals surface area contributed by atoms with Crippen LogP contribution in [0.4, 0.5) is 5.69 Å². The number of morpholine rings is 1. The minimum Gasteiger partial charge on any atom is -0.484 e. The topological polar surface area (TPSA) is 71.0 Å². The average Bonchev–Trinajstić information content (AvgIpc) is 2.59. The molecule has 2 N–H and O–H groups in total. The van der Waals surface area contributed by atoms with Gasteiger partial charge in [-0.2, -0.15) is 0 Å². The van der Waals surface area contributed by atoms with Crippen molar-refractivity contribution < 1.29 is 19.4 Å². The van der Waals surface area contributed by atoms with E-state index in [-0.39, 0.29) is 18.4 Å². The van der Waals surface area contributed by atoms with E-state index in [0.29, 0.717) is 38.6 Å². The van der Waals surface area contributed by atoms with E-state index in [2.05, 4.69) is 5.32 Å². The molecule has 6 nitrogen and oxygen atoms in total.